The second-order valence-electron chi connectivity index (χ2n) is 3.76. The van der Waals surface area contributed by atoms with Crippen molar-refractivity contribution in [2.24, 2.45) is 0 Å². The number of aromatic amines is 1. The summed E-state index contributed by atoms with van der Waals surface area (Å²) in [6.45, 7) is 2.56. The molecule has 0 saturated heterocycles. The van der Waals surface area contributed by atoms with Crippen LogP contribution in [0.5, 0.6) is 0 Å². The topological polar surface area (TPSA) is 83.6 Å². The minimum atomic E-state index is -0.362. The molecule has 0 bridgehead atoms. The van der Waals surface area contributed by atoms with Crippen LogP contribution >= 0.6 is 0 Å². The number of hydrogen-bond acceptors (Lipinski definition) is 5. The van der Waals surface area contributed by atoms with Crippen molar-refractivity contribution in [2.75, 3.05) is 33.5 Å². The van der Waals surface area contributed by atoms with E-state index in [-0.39, 0.29) is 12.6 Å². The fourth-order valence-electron chi connectivity index (χ4n) is 1.46. The van der Waals surface area contributed by atoms with Gasteiger partial charge in [0.1, 0.15) is 5.69 Å². The molecule has 0 fully saturated rings. The molecule has 0 saturated carbocycles. The Bertz CT molecular complexity index is 352. The molecule has 0 amide bonds. The highest BCUT2D eigenvalue weighted by Crippen LogP contribution is 2.02. The lowest BCUT2D eigenvalue weighted by molar-refractivity contribution is 0.0594. The fraction of sp³-hybridized carbons (Fsp3) is 0.583. The lowest BCUT2D eigenvalue weighted by Gasteiger charge is -2.04. The molecule has 0 aliphatic heterocycles. The Kier molecular flexibility index (Phi) is 7.09. The van der Waals surface area contributed by atoms with E-state index in [0.717, 1.165) is 18.7 Å². The van der Waals surface area contributed by atoms with Crippen LogP contribution in [0.4, 0.5) is 0 Å². The molecule has 0 aliphatic rings. The molecule has 0 spiro atoms. The summed E-state index contributed by atoms with van der Waals surface area (Å²) in [6, 6.07) is 3.55. The van der Waals surface area contributed by atoms with Gasteiger partial charge in [0.25, 0.3) is 0 Å². The number of carbonyl (C=O) groups is 1. The number of aliphatic hydroxyl groups is 1. The van der Waals surface area contributed by atoms with Gasteiger partial charge in [0.05, 0.1) is 20.3 Å². The third kappa shape index (κ3) is 5.31. The van der Waals surface area contributed by atoms with E-state index in [1.54, 1.807) is 6.07 Å². The quantitative estimate of drug-likeness (QED) is 0.437. The highest BCUT2D eigenvalue weighted by molar-refractivity contribution is 5.87. The van der Waals surface area contributed by atoms with E-state index >= 15 is 0 Å². The predicted octanol–water partition coefficient (Wildman–Crippen LogP) is 0.290. The summed E-state index contributed by atoms with van der Waals surface area (Å²) in [5.74, 6) is -0.362. The molecule has 1 rings (SSSR count). The predicted molar refractivity (Wildman–Crippen MR) is 66.4 cm³/mol. The summed E-state index contributed by atoms with van der Waals surface area (Å²) in [6.07, 6.45) is 0.880. The number of nitrogens with one attached hydrogen (secondary N) is 2. The largest absolute Gasteiger partial charge is 0.464 e. The Labute approximate surface area is 106 Å². The van der Waals surface area contributed by atoms with Crippen LogP contribution in [0.15, 0.2) is 12.1 Å². The molecular formula is C12H20N2O4. The van der Waals surface area contributed by atoms with Crippen LogP contribution in [0.3, 0.4) is 0 Å². The molecule has 1 heterocycles. The van der Waals surface area contributed by atoms with Gasteiger partial charge in [-0.05, 0) is 25.1 Å². The van der Waals surface area contributed by atoms with Crippen LogP contribution in [-0.2, 0) is 16.0 Å². The molecule has 102 valence electrons. The van der Waals surface area contributed by atoms with E-state index in [0.29, 0.717) is 25.5 Å². The number of hydrogen-bond donors (Lipinski definition) is 3. The number of ether oxygens (including phenoxy) is 2. The number of aromatic nitrogens is 1. The van der Waals surface area contributed by atoms with E-state index in [1.807, 2.05) is 6.07 Å². The maximum absolute atomic E-state index is 11.2. The highest BCUT2D eigenvalue weighted by Gasteiger charge is 2.07. The number of methoxy groups -OCH3 is 1. The Morgan fingerprint density at radius 1 is 1.44 bits per heavy atom. The zero-order valence-electron chi connectivity index (χ0n) is 10.6. The Morgan fingerprint density at radius 3 is 3.00 bits per heavy atom. The fourth-order valence-corrected chi connectivity index (χ4v) is 1.46. The van der Waals surface area contributed by atoms with Gasteiger partial charge in [-0.1, -0.05) is 0 Å². The van der Waals surface area contributed by atoms with Crippen LogP contribution in [0, 0.1) is 0 Å². The van der Waals surface area contributed by atoms with E-state index in [9.17, 15) is 4.79 Å². The molecule has 0 unspecified atom stereocenters. The van der Waals surface area contributed by atoms with Crippen molar-refractivity contribution in [3.63, 3.8) is 0 Å². The normalized spacial score (nSPS) is 10.6. The van der Waals surface area contributed by atoms with Crippen molar-refractivity contribution >= 4 is 5.97 Å². The molecule has 18 heavy (non-hydrogen) atoms. The van der Waals surface area contributed by atoms with Crippen molar-refractivity contribution in [2.45, 2.75) is 13.0 Å². The SMILES string of the molecule is COC(=O)c1ccc(CNCCCOCCO)[nH]1. The van der Waals surface area contributed by atoms with E-state index in [4.69, 9.17) is 9.84 Å². The molecule has 0 aromatic carbocycles. The van der Waals surface area contributed by atoms with E-state index in [2.05, 4.69) is 15.0 Å². The molecule has 0 atom stereocenters. The standard InChI is InChI=1S/C12H20N2O4/c1-17-12(16)11-4-3-10(14-11)9-13-5-2-7-18-8-6-15/h3-4,13-15H,2,5-9H2,1H3. The van der Waals surface area contributed by atoms with Crippen LogP contribution in [0.1, 0.15) is 22.6 Å². The Morgan fingerprint density at radius 2 is 2.28 bits per heavy atom. The van der Waals surface area contributed by atoms with Crippen molar-refractivity contribution in [1.29, 1.82) is 0 Å². The second-order valence-corrected chi connectivity index (χ2v) is 3.76. The number of carbonyl (C=O) groups excluding carboxylic acids is 1. The molecule has 0 radical (unpaired) electrons. The van der Waals surface area contributed by atoms with Gasteiger partial charge < -0.3 is 24.9 Å². The summed E-state index contributed by atoms with van der Waals surface area (Å²) < 4.78 is 9.73. The van der Waals surface area contributed by atoms with Gasteiger partial charge in [-0.3, -0.25) is 0 Å². The van der Waals surface area contributed by atoms with Crippen LogP contribution in [0.2, 0.25) is 0 Å². The maximum Gasteiger partial charge on any atom is 0.354 e. The third-order valence-electron chi connectivity index (χ3n) is 2.35. The van der Waals surface area contributed by atoms with Crippen LogP contribution in [-0.4, -0.2) is 49.5 Å². The first-order chi connectivity index (χ1) is 8.77. The first-order valence-corrected chi connectivity index (χ1v) is 5.93. The monoisotopic (exact) mass is 256 g/mol. The molecule has 1 aromatic rings. The van der Waals surface area contributed by atoms with Crippen molar-refractivity contribution in [3.05, 3.63) is 23.5 Å². The van der Waals surface area contributed by atoms with Gasteiger partial charge >= 0.3 is 5.97 Å². The number of rotatable bonds is 9. The molecule has 6 heteroatoms. The Hall–Kier alpha value is -1.37. The molecule has 3 N–H and O–H groups in total. The molecule has 1 aromatic heterocycles. The van der Waals surface area contributed by atoms with Crippen molar-refractivity contribution in [1.82, 2.24) is 10.3 Å². The summed E-state index contributed by atoms with van der Waals surface area (Å²) in [4.78, 5) is 14.2. The van der Waals surface area contributed by atoms with E-state index in [1.165, 1.54) is 7.11 Å². The maximum atomic E-state index is 11.2. The molecule has 0 aliphatic carbocycles. The Balaban J connectivity index is 2.12. The van der Waals surface area contributed by atoms with Gasteiger partial charge in [0.2, 0.25) is 0 Å². The van der Waals surface area contributed by atoms with Gasteiger partial charge in [0.15, 0.2) is 0 Å². The summed E-state index contributed by atoms with van der Waals surface area (Å²) in [7, 11) is 1.35. The van der Waals surface area contributed by atoms with Gasteiger partial charge in [-0.25, -0.2) is 4.79 Å². The number of esters is 1. The average Bonchev–Trinajstić information content (AvgIpc) is 2.85. The first-order valence-electron chi connectivity index (χ1n) is 5.93. The van der Waals surface area contributed by atoms with Gasteiger partial charge in [0, 0.05) is 18.8 Å². The number of aliphatic hydroxyl groups excluding tert-OH is 1. The smallest absolute Gasteiger partial charge is 0.354 e. The van der Waals surface area contributed by atoms with Crippen LogP contribution in [0.25, 0.3) is 0 Å². The third-order valence-corrected chi connectivity index (χ3v) is 2.35. The highest BCUT2D eigenvalue weighted by atomic mass is 16.5. The summed E-state index contributed by atoms with van der Waals surface area (Å²) in [5, 5.41) is 11.7. The van der Waals surface area contributed by atoms with E-state index < -0.39 is 0 Å². The number of H-pyrrole nitrogens is 1. The van der Waals surface area contributed by atoms with Gasteiger partial charge in [-0.15, -0.1) is 0 Å². The second kappa shape index (κ2) is 8.68. The zero-order valence-corrected chi connectivity index (χ0v) is 10.6. The first kappa shape index (κ1) is 14.7. The van der Waals surface area contributed by atoms with Crippen molar-refractivity contribution in [3.8, 4) is 0 Å². The minimum absolute atomic E-state index is 0.0617. The summed E-state index contributed by atoms with van der Waals surface area (Å²) in [5.41, 5.74) is 1.40. The van der Waals surface area contributed by atoms with Gasteiger partial charge in [-0.2, -0.15) is 0 Å². The lowest BCUT2D eigenvalue weighted by atomic mass is 10.4. The van der Waals surface area contributed by atoms with Crippen molar-refractivity contribution < 1.29 is 19.4 Å². The molecule has 6 nitrogen and oxygen atoms in total. The minimum Gasteiger partial charge on any atom is -0.464 e. The average molecular weight is 256 g/mol. The lowest BCUT2D eigenvalue weighted by Crippen LogP contribution is -2.17. The zero-order chi connectivity index (χ0) is 13.2. The van der Waals surface area contributed by atoms with Crippen LogP contribution < -0.4 is 5.32 Å². The summed E-state index contributed by atoms with van der Waals surface area (Å²) >= 11 is 0. The molecular weight excluding hydrogens is 236 g/mol.